The summed E-state index contributed by atoms with van der Waals surface area (Å²) in [4.78, 5) is 4.47. The number of rotatable bonds is 6. The molecule has 1 unspecified atom stereocenters. The summed E-state index contributed by atoms with van der Waals surface area (Å²) in [6.07, 6.45) is 6.81. The molecule has 2 nitrogen and oxygen atoms in total. The van der Waals surface area contributed by atoms with Crippen LogP contribution in [0.25, 0.3) is 0 Å². The number of hydrogen-bond acceptors (Lipinski definition) is 3. The lowest BCUT2D eigenvalue weighted by atomic mass is 10.1. The van der Waals surface area contributed by atoms with Crippen molar-refractivity contribution in [3.05, 3.63) is 52.5 Å². The fourth-order valence-corrected chi connectivity index (χ4v) is 2.91. The van der Waals surface area contributed by atoms with Crippen molar-refractivity contribution in [3.8, 4) is 0 Å². The van der Waals surface area contributed by atoms with Crippen molar-refractivity contribution in [2.75, 3.05) is 0 Å². The number of thiazole rings is 1. The minimum atomic E-state index is 0.428. The van der Waals surface area contributed by atoms with Gasteiger partial charge in [0.2, 0.25) is 0 Å². The van der Waals surface area contributed by atoms with Crippen LogP contribution in [0, 0.1) is 0 Å². The van der Waals surface area contributed by atoms with Crippen molar-refractivity contribution in [2.24, 2.45) is 0 Å². The van der Waals surface area contributed by atoms with E-state index in [-0.39, 0.29) is 0 Å². The molecule has 0 saturated heterocycles. The highest BCUT2D eigenvalue weighted by atomic mass is 32.1. The molecule has 1 N–H and O–H groups in total. The second-order valence-corrected chi connectivity index (χ2v) is 5.81. The molecule has 18 heavy (non-hydrogen) atoms. The van der Waals surface area contributed by atoms with Gasteiger partial charge < -0.3 is 5.32 Å². The lowest BCUT2D eigenvalue weighted by Gasteiger charge is -2.16. The third-order valence-electron chi connectivity index (χ3n) is 3.33. The molecule has 1 atom stereocenters. The average Bonchev–Trinajstić information content (AvgIpc) is 3.06. The summed E-state index contributed by atoms with van der Waals surface area (Å²) in [6.45, 7) is 0. The fourth-order valence-electron chi connectivity index (χ4n) is 2.17. The van der Waals surface area contributed by atoms with Gasteiger partial charge in [-0.05, 0) is 31.2 Å². The van der Waals surface area contributed by atoms with Gasteiger partial charge in [-0.1, -0.05) is 30.3 Å². The van der Waals surface area contributed by atoms with E-state index in [1.165, 1.54) is 23.4 Å². The molecule has 0 bridgehead atoms. The quantitative estimate of drug-likeness (QED) is 0.857. The molecule has 1 fully saturated rings. The van der Waals surface area contributed by atoms with Gasteiger partial charge >= 0.3 is 0 Å². The highest BCUT2D eigenvalue weighted by Gasteiger charge is 2.26. The standard InChI is InChI=1S/C15H18N2S/c1-2-4-12(5-3-1)6-9-14(17-13-7-8-13)15-16-10-11-18-15/h1-5,10-11,13-14,17H,6-9H2. The zero-order valence-electron chi connectivity index (χ0n) is 10.4. The zero-order valence-corrected chi connectivity index (χ0v) is 11.2. The van der Waals surface area contributed by atoms with E-state index >= 15 is 0 Å². The summed E-state index contributed by atoms with van der Waals surface area (Å²) >= 11 is 1.76. The van der Waals surface area contributed by atoms with Crippen LogP contribution >= 0.6 is 11.3 Å². The van der Waals surface area contributed by atoms with Crippen molar-refractivity contribution in [1.29, 1.82) is 0 Å². The van der Waals surface area contributed by atoms with Gasteiger partial charge in [-0.3, -0.25) is 0 Å². The number of nitrogens with zero attached hydrogens (tertiary/aromatic N) is 1. The normalized spacial score (nSPS) is 16.7. The van der Waals surface area contributed by atoms with Crippen molar-refractivity contribution in [3.63, 3.8) is 0 Å². The van der Waals surface area contributed by atoms with Crippen LogP contribution in [0.15, 0.2) is 41.9 Å². The Bertz CT molecular complexity index is 463. The van der Waals surface area contributed by atoms with Crippen LogP contribution in [0.3, 0.4) is 0 Å². The van der Waals surface area contributed by atoms with Gasteiger partial charge in [0.1, 0.15) is 5.01 Å². The third-order valence-corrected chi connectivity index (χ3v) is 4.22. The Hall–Kier alpha value is -1.19. The molecule has 3 rings (SSSR count). The molecule has 1 heterocycles. The van der Waals surface area contributed by atoms with E-state index in [9.17, 15) is 0 Å². The molecule has 1 saturated carbocycles. The van der Waals surface area contributed by atoms with E-state index in [1.54, 1.807) is 11.3 Å². The Morgan fingerprint density at radius 2 is 2.11 bits per heavy atom. The van der Waals surface area contributed by atoms with E-state index in [4.69, 9.17) is 0 Å². The molecule has 0 radical (unpaired) electrons. The number of aryl methyl sites for hydroxylation is 1. The first-order valence-corrected chi connectivity index (χ1v) is 7.49. The highest BCUT2D eigenvalue weighted by Crippen LogP contribution is 2.28. The van der Waals surface area contributed by atoms with Gasteiger partial charge in [0.15, 0.2) is 0 Å². The molecule has 3 heteroatoms. The molecule has 1 aliphatic rings. The average molecular weight is 258 g/mol. The molecule has 0 amide bonds. The molecule has 2 aromatic rings. The molecular formula is C15H18N2S. The summed E-state index contributed by atoms with van der Waals surface area (Å²) in [5, 5.41) is 7.01. The lowest BCUT2D eigenvalue weighted by molar-refractivity contribution is 0.494. The van der Waals surface area contributed by atoms with Gasteiger partial charge in [-0.2, -0.15) is 0 Å². The molecule has 0 spiro atoms. The predicted octanol–water partition coefficient (Wildman–Crippen LogP) is 3.57. The number of hydrogen-bond donors (Lipinski definition) is 1. The fraction of sp³-hybridized carbons (Fsp3) is 0.400. The summed E-state index contributed by atoms with van der Waals surface area (Å²) < 4.78 is 0. The van der Waals surface area contributed by atoms with Gasteiger partial charge in [-0.25, -0.2) is 4.98 Å². The minimum absolute atomic E-state index is 0.428. The zero-order chi connectivity index (χ0) is 12.2. The van der Waals surface area contributed by atoms with Crippen molar-refractivity contribution in [1.82, 2.24) is 10.3 Å². The topological polar surface area (TPSA) is 24.9 Å². The Kier molecular flexibility index (Phi) is 3.72. The molecular weight excluding hydrogens is 240 g/mol. The van der Waals surface area contributed by atoms with E-state index in [2.05, 4.69) is 46.0 Å². The molecule has 1 aromatic carbocycles. The first kappa shape index (κ1) is 11.9. The van der Waals surface area contributed by atoms with E-state index in [1.807, 2.05) is 6.20 Å². The van der Waals surface area contributed by atoms with Gasteiger partial charge in [0.25, 0.3) is 0 Å². The monoisotopic (exact) mass is 258 g/mol. The van der Waals surface area contributed by atoms with Crippen LogP contribution in [0.5, 0.6) is 0 Å². The number of benzene rings is 1. The second-order valence-electron chi connectivity index (χ2n) is 4.89. The highest BCUT2D eigenvalue weighted by molar-refractivity contribution is 7.09. The maximum atomic E-state index is 4.47. The van der Waals surface area contributed by atoms with E-state index in [0.29, 0.717) is 6.04 Å². The largest absolute Gasteiger partial charge is 0.305 e. The van der Waals surface area contributed by atoms with Crippen molar-refractivity contribution >= 4 is 11.3 Å². The smallest absolute Gasteiger partial charge is 0.109 e. The van der Waals surface area contributed by atoms with Crippen LogP contribution in [0.1, 0.15) is 35.9 Å². The van der Waals surface area contributed by atoms with Crippen molar-refractivity contribution < 1.29 is 0 Å². The Labute approximate surface area is 112 Å². The van der Waals surface area contributed by atoms with Gasteiger partial charge in [-0.15, -0.1) is 11.3 Å². The second kappa shape index (κ2) is 5.63. The SMILES string of the molecule is c1ccc(CCC(NC2CC2)c2nccs2)cc1. The third kappa shape index (κ3) is 3.18. The minimum Gasteiger partial charge on any atom is -0.305 e. The molecule has 0 aliphatic heterocycles. The van der Waals surface area contributed by atoms with Crippen LogP contribution < -0.4 is 5.32 Å². The van der Waals surface area contributed by atoms with Crippen LogP contribution in [0.4, 0.5) is 0 Å². The van der Waals surface area contributed by atoms with Crippen LogP contribution in [-0.2, 0) is 6.42 Å². The number of nitrogens with one attached hydrogen (secondary N) is 1. The first-order valence-electron chi connectivity index (χ1n) is 6.61. The summed E-state index contributed by atoms with van der Waals surface area (Å²) in [7, 11) is 0. The maximum absolute atomic E-state index is 4.47. The molecule has 1 aliphatic carbocycles. The van der Waals surface area contributed by atoms with Gasteiger partial charge in [0.05, 0.1) is 6.04 Å². The van der Waals surface area contributed by atoms with Crippen molar-refractivity contribution in [2.45, 2.75) is 37.8 Å². The Morgan fingerprint density at radius 1 is 1.28 bits per heavy atom. The maximum Gasteiger partial charge on any atom is 0.109 e. The summed E-state index contributed by atoms with van der Waals surface area (Å²) in [5.74, 6) is 0. The van der Waals surface area contributed by atoms with Crippen LogP contribution in [0.2, 0.25) is 0 Å². The molecule has 94 valence electrons. The molecule has 1 aromatic heterocycles. The lowest BCUT2D eigenvalue weighted by Crippen LogP contribution is -2.23. The van der Waals surface area contributed by atoms with Crippen LogP contribution in [-0.4, -0.2) is 11.0 Å². The van der Waals surface area contributed by atoms with E-state index < -0.39 is 0 Å². The van der Waals surface area contributed by atoms with Gasteiger partial charge in [0, 0.05) is 17.6 Å². The van der Waals surface area contributed by atoms with E-state index in [0.717, 1.165) is 18.9 Å². The number of aromatic nitrogens is 1. The summed E-state index contributed by atoms with van der Waals surface area (Å²) in [5.41, 5.74) is 1.41. The first-order chi connectivity index (χ1) is 8.92. The summed E-state index contributed by atoms with van der Waals surface area (Å²) in [6, 6.07) is 11.9. The Balaban J connectivity index is 1.62. The Morgan fingerprint density at radius 3 is 2.78 bits per heavy atom. The predicted molar refractivity (Wildman–Crippen MR) is 75.8 cm³/mol.